The van der Waals surface area contributed by atoms with Crippen molar-refractivity contribution in [1.82, 2.24) is 0 Å². The molecule has 0 bridgehead atoms. The van der Waals surface area contributed by atoms with Crippen LogP contribution in [-0.4, -0.2) is 63.4 Å². The molecule has 24 heteroatoms. The van der Waals surface area contributed by atoms with Gasteiger partial charge in [-0.1, -0.05) is 30.3 Å². The fraction of sp³-hybridized carbons (Fsp3) is 0.500. The Kier molecular flexibility index (Phi) is 8.53. The number of hydrogen-bond acceptors (Lipinski definition) is 4. The van der Waals surface area contributed by atoms with Crippen LogP contribution < -0.4 is 0 Å². The van der Waals surface area contributed by atoms with E-state index in [4.69, 9.17) is 0 Å². The van der Waals surface area contributed by atoms with Crippen molar-refractivity contribution in [3.8, 4) is 0 Å². The van der Waals surface area contributed by atoms with Crippen LogP contribution in [0.25, 0.3) is 6.08 Å². The fourth-order valence-electron chi connectivity index (χ4n) is 2.30. The Balaban J connectivity index is 4.25. The van der Waals surface area contributed by atoms with Crippen molar-refractivity contribution in [2.75, 3.05) is 0 Å². The van der Waals surface area contributed by atoms with Gasteiger partial charge in [0.05, 0.1) is 0 Å². The third-order valence-electron chi connectivity index (χ3n) is 4.52. The summed E-state index contributed by atoms with van der Waals surface area (Å²) in [4.78, 5) is 0. The van der Waals surface area contributed by atoms with E-state index in [0.717, 1.165) is 6.07 Å². The van der Waals surface area contributed by atoms with Gasteiger partial charge in [0.1, 0.15) is 0 Å². The van der Waals surface area contributed by atoms with E-state index in [1.807, 2.05) is 0 Å². The van der Waals surface area contributed by atoms with Crippen LogP contribution in [0.2, 0.25) is 0 Å². The molecule has 1 aromatic carbocycles. The first-order valence-corrected chi connectivity index (χ1v) is 11.8. The van der Waals surface area contributed by atoms with Gasteiger partial charge in [-0.3, -0.25) is 0 Å². The summed E-state index contributed by atoms with van der Waals surface area (Å²) < 4.78 is 282. The van der Waals surface area contributed by atoms with Crippen molar-refractivity contribution in [2.45, 2.75) is 46.6 Å². The normalized spacial score (nSPS) is 15.7. The molecule has 0 aliphatic carbocycles. The molecule has 0 saturated carbocycles. The first-order chi connectivity index (χ1) is 17.2. The van der Waals surface area contributed by atoms with Gasteiger partial charge in [-0.15, -0.1) is 0 Å². The van der Waals surface area contributed by atoms with Crippen LogP contribution in [0.1, 0.15) is 5.56 Å². The third kappa shape index (κ3) is 4.86. The summed E-state index contributed by atoms with van der Waals surface area (Å²) in [7, 11) is -17.6. The van der Waals surface area contributed by atoms with Crippen LogP contribution in [-0.2, 0) is 19.7 Å². The van der Waals surface area contributed by atoms with Crippen molar-refractivity contribution >= 4 is 25.8 Å². The van der Waals surface area contributed by atoms with Crippen molar-refractivity contribution in [1.29, 1.82) is 0 Å². The van der Waals surface area contributed by atoms with Gasteiger partial charge < -0.3 is 0 Å². The van der Waals surface area contributed by atoms with E-state index in [9.17, 15) is 95.9 Å². The molecule has 0 amide bonds. The molecule has 0 aliphatic heterocycles. The molecule has 0 heterocycles. The number of halogens is 18. The lowest BCUT2D eigenvalue weighted by Gasteiger charge is -2.35. The minimum Gasteiger partial charge on any atom is -0.216 e. The molecule has 1 rings (SSSR count). The molecule has 0 saturated heterocycles. The summed E-state index contributed by atoms with van der Waals surface area (Å²) in [6.45, 7) is 0. The largest absolute Gasteiger partial charge is 0.460 e. The highest BCUT2D eigenvalue weighted by Crippen LogP contribution is 2.59. The second-order valence-electron chi connectivity index (χ2n) is 7.21. The average Bonchev–Trinajstić information content (AvgIpc) is 2.75. The van der Waals surface area contributed by atoms with E-state index in [1.54, 1.807) is 0 Å². The second kappa shape index (κ2) is 9.58. The zero-order chi connectivity index (χ0) is 32.4. The summed E-state index contributed by atoms with van der Waals surface area (Å²) in [5, 5.41) is -16.4. The smallest absolute Gasteiger partial charge is 0.216 e. The third-order valence-corrected chi connectivity index (χ3v) is 8.99. The van der Waals surface area contributed by atoms with Gasteiger partial charge >= 0.3 is 46.6 Å². The number of sulfone groups is 2. The second-order valence-corrected chi connectivity index (χ2v) is 11.4. The van der Waals surface area contributed by atoms with E-state index in [-0.39, 0.29) is 12.1 Å². The molecule has 0 aliphatic rings. The van der Waals surface area contributed by atoms with E-state index >= 15 is 0 Å². The zero-order valence-corrected chi connectivity index (χ0v) is 19.3. The van der Waals surface area contributed by atoms with E-state index in [0.29, 0.717) is 12.1 Å². The SMILES string of the molecule is O=S(=O)(C(=Cc1ccccc1)S(=O)(=O)C(F)(F)C(F)(F)C(F)(F)C(F)(F)F)C(F)(F)C(F)(F)C(F)(F)C(F)(F)F. The summed E-state index contributed by atoms with van der Waals surface area (Å²) in [6.07, 6.45) is -16.9. The van der Waals surface area contributed by atoms with Gasteiger partial charge in [-0.2, -0.15) is 79.0 Å². The minimum absolute atomic E-state index is 0.228. The molecule has 0 aromatic heterocycles. The monoisotopic (exact) mass is 668 g/mol. The Morgan fingerprint density at radius 2 is 0.750 bits per heavy atom. The van der Waals surface area contributed by atoms with E-state index in [1.165, 1.54) is 0 Å². The summed E-state index contributed by atoms with van der Waals surface area (Å²) in [6, 6.07) is 2.47. The number of rotatable bonds is 9. The standard InChI is InChI=1S/C16H6F18O4S2/c17-9(18,13(25,26)27)11(21,22)15(31,32)39(35,36)8(6-7-4-2-1-3-5-7)40(37,38)16(33,34)12(23,24)10(19,20)14(28,29)30/h1-6H. The van der Waals surface area contributed by atoms with Crippen molar-refractivity contribution in [2.24, 2.45) is 0 Å². The molecule has 0 N–H and O–H groups in total. The number of benzene rings is 1. The fourth-order valence-corrected chi connectivity index (χ4v) is 6.10. The Morgan fingerprint density at radius 1 is 0.475 bits per heavy atom. The predicted octanol–water partition coefficient (Wildman–Crippen LogP) is 6.67. The summed E-state index contributed by atoms with van der Waals surface area (Å²) >= 11 is 0. The molecular formula is C16H6F18O4S2. The quantitative estimate of drug-likeness (QED) is 0.276. The summed E-state index contributed by atoms with van der Waals surface area (Å²) in [5.74, 6) is -33.0. The van der Waals surface area contributed by atoms with E-state index < -0.39 is 82.1 Å². The zero-order valence-electron chi connectivity index (χ0n) is 17.7. The lowest BCUT2D eigenvalue weighted by atomic mass is 10.1. The Morgan fingerprint density at radius 3 is 1.00 bits per heavy atom. The molecular weight excluding hydrogens is 662 g/mol. The molecule has 0 unspecified atom stereocenters. The maximum atomic E-state index is 14.2. The first kappa shape index (κ1) is 35.6. The van der Waals surface area contributed by atoms with Crippen LogP contribution in [0.3, 0.4) is 0 Å². The van der Waals surface area contributed by atoms with Gasteiger partial charge in [-0.25, -0.2) is 16.8 Å². The Labute approximate surface area is 209 Å². The minimum atomic E-state index is -8.81. The maximum absolute atomic E-state index is 14.2. The Bertz CT molecular complexity index is 1260. The molecule has 0 radical (unpaired) electrons. The molecule has 4 nitrogen and oxygen atoms in total. The number of hydrogen-bond donors (Lipinski definition) is 0. The highest BCUT2D eigenvalue weighted by molar-refractivity contribution is 8.15. The molecule has 0 atom stereocenters. The van der Waals surface area contributed by atoms with Crippen molar-refractivity contribution < 1.29 is 95.9 Å². The van der Waals surface area contributed by atoms with Crippen molar-refractivity contribution in [3.63, 3.8) is 0 Å². The first-order valence-electron chi connectivity index (χ1n) is 8.87. The molecule has 40 heavy (non-hydrogen) atoms. The molecule has 0 fully saturated rings. The Hall–Kier alpha value is -2.40. The van der Waals surface area contributed by atoms with Gasteiger partial charge in [0, 0.05) is 0 Å². The van der Waals surface area contributed by atoms with E-state index in [2.05, 4.69) is 0 Å². The van der Waals surface area contributed by atoms with Gasteiger partial charge in [-0.05, 0) is 11.6 Å². The molecule has 0 spiro atoms. The van der Waals surface area contributed by atoms with Crippen LogP contribution in [0.4, 0.5) is 79.0 Å². The maximum Gasteiger partial charge on any atom is 0.460 e. The van der Waals surface area contributed by atoms with Crippen LogP contribution in [0, 0.1) is 0 Å². The van der Waals surface area contributed by atoms with Gasteiger partial charge in [0.25, 0.3) is 19.7 Å². The highest BCUT2D eigenvalue weighted by Gasteiger charge is 2.89. The molecule has 232 valence electrons. The lowest BCUT2D eigenvalue weighted by Crippen LogP contribution is -2.65. The van der Waals surface area contributed by atoms with Gasteiger partial charge in [0.2, 0.25) is 0 Å². The predicted molar refractivity (Wildman–Crippen MR) is 94.1 cm³/mol. The topological polar surface area (TPSA) is 68.3 Å². The average molecular weight is 668 g/mol. The van der Waals surface area contributed by atoms with Crippen LogP contribution >= 0.6 is 0 Å². The summed E-state index contributed by atoms with van der Waals surface area (Å²) in [5.41, 5.74) is -1.44. The highest BCUT2D eigenvalue weighted by atomic mass is 32.3. The van der Waals surface area contributed by atoms with Crippen molar-refractivity contribution in [3.05, 3.63) is 40.1 Å². The number of alkyl halides is 18. The molecule has 1 aromatic rings. The lowest BCUT2D eigenvalue weighted by molar-refractivity contribution is -0.382. The van der Waals surface area contributed by atoms with Gasteiger partial charge in [0.15, 0.2) is 4.24 Å². The van der Waals surface area contributed by atoms with Crippen LogP contribution in [0.15, 0.2) is 34.6 Å². The van der Waals surface area contributed by atoms with Crippen LogP contribution in [0.5, 0.6) is 0 Å².